The van der Waals surface area contributed by atoms with Gasteiger partial charge in [0.1, 0.15) is 5.82 Å². The van der Waals surface area contributed by atoms with Crippen molar-refractivity contribution in [3.05, 3.63) is 47.1 Å². The van der Waals surface area contributed by atoms with E-state index in [-0.39, 0.29) is 11.7 Å². The molecule has 1 heterocycles. The first-order valence-corrected chi connectivity index (χ1v) is 8.71. The number of hydrogen-bond acceptors (Lipinski definition) is 3. The lowest BCUT2D eigenvalue weighted by Gasteiger charge is -2.24. The van der Waals surface area contributed by atoms with Gasteiger partial charge in [-0.15, -0.1) is 11.3 Å². The lowest BCUT2D eigenvalue weighted by molar-refractivity contribution is 0.0950. The van der Waals surface area contributed by atoms with Crippen LogP contribution in [0.3, 0.4) is 0 Å². The fraction of sp³-hybridized carbons (Fsp3) is 0.389. The molecule has 2 aromatic rings. The monoisotopic (exact) mass is 334 g/mol. The number of nitrogens with one attached hydrogen (secondary N) is 1. The fourth-order valence-corrected chi connectivity index (χ4v) is 3.34. The number of benzene rings is 1. The van der Waals surface area contributed by atoms with Crippen LogP contribution in [0.25, 0.3) is 10.4 Å². The van der Waals surface area contributed by atoms with Gasteiger partial charge in [-0.2, -0.15) is 0 Å². The summed E-state index contributed by atoms with van der Waals surface area (Å²) in [4.78, 5) is 16.2. The van der Waals surface area contributed by atoms with Crippen molar-refractivity contribution in [2.75, 3.05) is 19.6 Å². The summed E-state index contributed by atoms with van der Waals surface area (Å²) in [6.07, 6.45) is 0. The topological polar surface area (TPSA) is 32.3 Å². The third-order valence-corrected chi connectivity index (χ3v) is 4.91. The molecule has 0 spiro atoms. The van der Waals surface area contributed by atoms with Gasteiger partial charge in [-0.25, -0.2) is 4.39 Å². The second-order valence-electron chi connectivity index (χ2n) is 5.65. The normalized spacial score (nSPS) is 11.2. The van der Waals surface area contributed by atoms with Gasteiger partial charge in [0.25, 0.3) is 5.91 Å². The molecule has 0 saturated heterocycles. The van der Waals surface area contributed by atoms with Crippen molar-refractivity contribution >= 4 is 17.2 Å². The molecular weight excluding hydrogens is 311 g/mol. The van der Waals surface area contributed by atoms with E-state index >= 15 is 0 Å². The van der Waals surface area contributed by atoms with Crippen LogP contribution >= 0.6 is 11.3 Å². The van der Waals surface area contributed by atoms with Crippen molar-refractivity contribution < 1.29 is 9.18 Å². The number of rotatable bonds is 7. The Balaban J connectivity index is 1.92. The molecule has 0 bridgehead atoms. The molecule has 124 valence electrons. The van der Waals surface area contributed by atoms with Gasteiger partial charge < -0.3 is 5.32 Å². The van der Waals surface area contributed by atoms with Crippen LogP contribution in [-0.2, 0) is 0 Å². The van der Waals surface area contributed by atoms with Gasteiger partial charge >= 0.3 is 0 Å². The van der Waals surface area contributed by atoms with E-state index in [0.29, 0.717) is 17.5 Å². The molecule has 0 unspecified atom stereocenters. The van der Waals surface area contributed by atoms with E-state index in [9.17, 15) is 9.18 Å². The SMILES string of the molecule is CCN(CCNC(=O)c1ccc(-c2ccc(F)cc2)s1)C(C)C. The zero-order valence-electron chi connectivity index (χ0n) is 13.8. The van der Waals surface area contributed by atoms with E-state index in [2.05, 4.69) is 31.0 Å². The van der Waals surface area contributed by atoms with Crippen LogP contribution in [0.5, 0.6) is 0 Å². The highest BCUT2D eigenvalue weighted by molar-refractivity contribution is 7.17. The van der Waals surface area contributed by atoms with Crippen molar-refractivity contribution in [2.24, 2.45) is 0 Å². The molecule has 1 aromatic carbocycles. The van der Waals surface area contributed by atoms with Gasteiger partial charge in [0.15, 0.2) is 0 Å². The number of halogens is 1. The minimum absolute atomic E-state index is 0.0526. The van der Waals surface area contributed by atoms with E-state index in [1.54, 1.807) is 12.1 Å². The number of likely N-dealkylation sites (N-methyl/N-ethyl adjacent to an activating group) is 1. The van der Waals surface area contributed by atoms with Crippen LogP contribution in [0.4, 0.5) is 4.39 Å². The average molecular weight is 334 g/mol. The summed E-state index contributed by atoms with van der Waals surface area (Å²) in [6.45, 7) is 8.88. The molecule has 5 heteroatoms. The number of amides is 1. The molecule has 2 rings (SSSR count). The summed E-state index contributed by atoms with van der Waals surface area (Å²) in [7, 11) is 0. The number of hydrogen-bond donors (Lipinski definition) is 1. The van der Waals surface area contributed by atoms with E-state index in [1.165, 1.54) is 23.5 Å². The van der Waals surface area contributed by atoms with E-state index in [4.69, 9.17) is 0 Å². The highest BCUT2D eigenvalue weighted by Crippen LogP contribution is 2.28. The molecule has 0 aliphatic heterocycles. The largest absolute Gasteiger partial charge is 0.350 e. The minimum Gasteiger partial charge on any atom is -0.350 e. The fourth-order valence-electron chi connectivity index (χ4n) is 2.41. The Morgan fingerprint density at radius 3 is 2.52 bits per heavy atom. The molecule has 1 aromatic heterocycles. The summed E-state index contributed by atoms with van der Waals surface area (Å²) >= 11 is 1.42. The first kappa shape index (κ1) is 17.6. The zero-order chi connectivity index (χ0) is 16.8. The summed E-state index contributed by atoms with van der Waals surface area (Å²) in [5, 5.41) is 2.96. The van der Waals surface area contributed by atoms with Crippen LogP contribution in [0.2, 0.25) is 0 Å². The van der Waals surface area contributed by atoms with Gasteiger partial charge in [0.2, 0.25) is 0 Å². The summed E-state index contributed by atoms with van der Waals surface area (Å²) in [5.74, 6) is -0.308. The number of carbonyl (C=O) groups excluding carboxylic acids is 1. The molecule has 0 aliphatic rings. The quantitative estimate of drug-likeness (QED) is 0.829. The lowest BCUT2D eigenvalue weighted by Crippen LogP contribution is -2.38. The molecule has 1 amide bonds. The van der Waals surface area contributed by atoms with E-state index in [1.807, 2.05) is 12.1 Å². The van der Waals surface area contributed by atoms with Gasteiger partial charge in [-0.1, -0.05) is 19.1 Å². The predicted octanol–water partition coefficient (Wildman–Crippen LogP) is 4.01. The number of thiophene rings is 1. The van der Waals surface area contributed by atoms with Crippen molar-refractivity contribution in [3.8, 4) is 10.4 Å². The maximum Gasteiger partial charge on any atom is 0.261 e. The highest BCUT2D eigenvalue weighted by atomic mass is 32.1. The maximum absolute atomic E-state index is 13.0. The Hall–Kier alpha value is -1.72. The minimum atomic E-state index is -0.256. The van der Waals surface area contributed by atoms with Crippen LogP contribution in [0, 0.1) is 5.82 Å². The van der Waals surface area contributed by atoms with Gasteiger partial charge in [0.05, 0.1) is 4.88 Å². The predicted molar refractivity (Wildman–Crippen MR) is 94.4 cm³/mol. The Morgan fingerprint density at radius 1 is 1.22 bits per heavy atom. The van der Waals surface area contributed by atoms with Gasteiger partial charge in [-0.3, -0.25) is 9.69 Å². The van der Waals surface area contributed by atoms with Crippen LogP contribution in [0.15, 0.2) is 36.4 Å². The first-order chi connectivity index (χ1) is 11.0. The van der Waals surface area contributed by atoms with Crippen LogP contribution in [-0.4, -0.2) is 36.5 Å². The summed E-state index contributed by atoms with van der Waals surface area (Å²) < 4.78 is 13.0. The molecule has 0 fully saturated rings. The van der Waals surface area contributed by atoms with Crippen molar-refractivity contribution in [3.63, 3.8) is 0 Å². The first-order valence-electron chi connectivity index (χ1n) is 7.89. The van der Waals surface area contributed by atoms with Crippen molar-refractivity contribution in [1.82, 2.24) is 10.2 Å². The Bertz CT molecular complexity index is 637. The maximum atomic E-state index is 13.0. The van der Waals surface area contributed by atoms with Crippen LogP contribution < -0.4 is 5.32 Å². The molecule has 3 nitrogen and oxygen atoms in total. The average Bonchev–Trinajstić information content (AvgIpc) is 3.01. The van der Waals surface area contributed by atoms with Gasteiger partial charge in [-0.05, 0) is 50.2 Å². The van der Waals surface area contributed by atoms with E-state index in [0.717, 1.165) is 23.5 Å². The molecule has 0 saturated carbocycles. The smallest absolute Gasteiger partial charge is 0.261 e. The Labute approximate surface area is 141 Å². The standard InChI is InChI=1S/C18H23FN2OS/c1-4-21(13(2)3)12-11-20-18(22)17-10-9-16(23-17)14-5-7-15(19)8-6-14/h5-10,13H,4,11-12H2,1-3H3,(H,20,22). The lowest BCUT2D eigenvalue weighted by atomic mass is 10.2. The Kier molecular flexibility index (Phi) is 6.30. The zero-order valence-corrected chi connectivity index (χ0v) is 14.6. The molecule has 0 aliphatic carbocycles. The molecule has 0 radical (unpaired) electrons. The molecule has 23 heavy (non-hydrogen) atoms. The number of carbonyl (C=O) groups is 1. The van der Waals surface area contributed by atoms with Gasteiger partial charge in [0, 0.05) is 24.0 Å². The number of nitrogens with zero attached hydrogens (tertiary/aromatic N) is 1. The molecular formula is C18H23FN2OS. The third-order valence-electron chi connectivity index (χ3n) is 3.78. The Morgan fingerprint density at radius 2 is 1.91 bits per heavy atom. The summed E-state index contributed by atoms with van der Waals surface area (Å²) in [6, 6.07) is 10.5. The second kappa shape index (κ2) is 8.22. The highest BCUT2D eigenvalue weighted by Gasteiger charge is 2.11. The van der Waals surface area contributed by atoms with Crippen LogP contribution in [0.1, 0.15) is 30.4 Å². The van der Waals surface area contributed by atoms with Crippen molar-refractivity contribution in [1.29, 1.82) is 0 Å². The molecule has 0 atom stereocenters. The summed E-state index contributed by atoms with van der Waals surface area (Å²) in [5.41, 5.74) is 0.924. The van der Waals surface area contributed by atoms with E-state index < -0.39 is 0 Å². The molecule has 1 N–H and O–H groups in total. The van der Waals surface area contributed by atoms with Crippen molar-refractivity contribution in [2.45, 2.75) is 26.8 Å². The second-order valence-corrected chi connectivity index (χ2v) is 6.73. The third kappa shape index (κ3) is 4.88.